The molecule has 22 heavy (non-hydrogen) atoms. The van der Waals surface area contributed by atoms with Crippen molar-refractivity contribution in [2.45, 2.75) is 33.2 Å². The predicted octanol–water partition coefficient (Wildman–Crippen LogP) is 2.32. The molecule has 5 heteroatoms. The van der Waals surface area contributed by atoms with E-state index < -0.39 is 0 Å². The van der Waals surface area contributed by atoms with Gasteiger partial charge in [0.25, 0.3) is 5.91 Å². The number of nitrogens with zero attached hydrogens (tertiary/aromatic N) is 2. The molecule has 0 aliphatic carbocycles. The molecule has 2 rings (SSSR count). The lowest BCUT2D eigenvalue weighted by Gasteiger charge is -2.22. The summed E-state index contributed by atoms with van der Waals surface area (Å²) in [6.07, 6.45) is 5.73. The van der Waals surface area contributed by atoms with E-state index in [0.29, 0.717) is 12.0 Å². The highest BCUT2D eigenvalue weighted by Crippen LogP contribution is 2.17. The number of imidazole rings is 1. The van der Waals surface area contributed by atoms with Crippen LogP contribution in [0.25, 0.3) is 5.69 Å². The Kier molecular flexibility index (Phi) is 5.33. The zero-order valence-corrected chi connectivity index (χ0v) is 13.3. The average Bonchev–Trinajstić information content (AvgIpc) is 3.00. The Morgan fingerprint density at radius 3 is 2.77 bits per heavy atom. The van der Waals surface area contributed by atoms with Gasteiger partial charge in [0.05, 0.1) is 17.6 Å². The first-order chi connectivity index (χ1) is 10.5. The fourth-order valence-corrected chi connectivity index (χ4v) is 2.42. The molecule has 0 saturated carbocycles. The topological polar surface area (TPSA) is 67.2 Å². The molecule has 0 bridgehead atoms. The second-order valence-corrected chi connectivity index (χ2v) is 5.83. The smallest absolute Gasteiger partial charge is 0.253 e. The number of rotatable bonds is 6. The van der Waals surface area contributed by atoms with E-state index in [-0.39, 0.29) is 24.5 Å². The number of aryl methyl sites for hydroxylation is 1. The van der Waals surface area contributed by atoms with Crippen molar-refractivity contribution in [3.8, 4) is 5.69 Å². The standard InChI is InChI=1S/C17H23N3O2/c1-12(2)15(6-9-21)19-17(22)14-10-13(3)4-5-16(14)20-8-7-18-11-20/h4-5,7-8,10-12,15,21H,6,9H2,1-3H3,(H,19,22). The van der Waals surface area contributed by atoms with Crippen molar-refractivity contribution in [3.05, 3.63) is 48.0 Å². The van der Waals surface area contributed by atoms with Crippen molar-refractivity contribution in [2.75, 3.05) is 6.61 Å². The number of benzene rings is 1. The van der Waals surface area contributed by atoms with E-state index in [1.807, 2.05) is 49.7 Å². The van der Waals surface area contributed by atoms with Gasteiger partial charge in [-0.2, -0.15) is 0 Å². The Morgan fingerprint density at radius 2 is 2.18 bits per heavy atom. The Labute approximate surface area is 131 Å². The second-order valence-electron chi connectivity index (χ2n) is 5.83. The van der Waals surface area contributed by atoms with E-state index in [2.05, 4.69) is 10.3 Å². The molecule has 0 aliphatic rings. The van der Waals surface area contributed by atoms with Crippen LogP contribution in [0.3, 0.4) is 0 Å². The zero-order valence-electron chi connectivity index (χ0n) is 13.3. The summed E-state index contributed by atoms with van der Waals surface area (Å²) in [5.41, 5.74) is 2.44. The second kappa shape index (κ2) is 7.22. The summed E-state index contributed by atoms with van der Waals surface area (Å²) in [5, 5.41) is 12.2. The van der Waals surface area contributed by atoms with Crippen molar-refractivity contribution in [1.82, 2.24) is 14.9 Å². The van der Waals surface area contributed by atoms with E-state index in [4.69, 9.17) is 5.11 Å². The van der Waals surface area contributed by atoms with Gasteiger partial charge in [-0.05, 0) is 31.4 Å². The molecule has 1 unspecified atom stereocenters. The lowest BCUT2D eigenvalue weighted by molar-refractivity contribution is 0.0916. The van der Waals surface area contributed by atoms with Crippen molar-refractivity contribution < 1.29 is 9.90 Å². The molecule has 118 valence electrons. The third-order valence-corrected chi connectivity index (χ3v) is 3.74. The monoisotopic (exact) mass is 301 g/mol. The molecular weight excluding hydrogens is 278 g/mol. The molecule has 1 amide bonds. The van der Waals surface area contributed by atoms with Crippen LogP contribution in [0, 0.1) is 12.8 Å². The number of carbonyl (C=O) groups is 1. The molecule has 1 atom stereocenters. The lowest BCUT2D eigenvalue weighted by atomic mass is 10.00. The van der Waals surface area contributed by atoms with Crippen LogP contribution >= 0.6 is 0 Å². The Bertz CT molecular complexity index is 621. The fraction of sp³-hybridized carbons (Fsp3) is 0.412. The van der Waals surface area contributed by atoms with Gasteiger partial charge in [-0.1, -0.05) is 25.5 Å². The van der Waals surface area contributed by atoms with Crippen LogP contribution in [-0.2, 0) is 0 Å². The molecular formula is C17H23N3O2. The number of amides is 1. The van der Waals surface area contributed by atoms with Crippen molar-refractivity contribution >= 4 is 5.91 Å². The van der Waals surface area contributed by atoms with Gasteiger partial charge in [-0.3, -0.25) is 4.79 Å². The maximum atomic E-state index is 12.7. The fourth-order valence-electron chi connectivity index (χ4n) is 2.42. The van der Waals surface area contributed by atoms with Crippen molar-refractivity contribution in [2.24, 2.45) is 5.92 Å². The molecule has 1 aromatic carbocycles. The summed E-state index contributed by atoms with van der Waals surface area (Å²) in [5.74, 6) is 0.136. The maximum Gasteiger partial charge on any atom is 0.253 e. The summed E-state index contributed by atoms with van der Waals surface area (Å²) in [6.45, 7) is 6.09. The third kappa shape index (κ3) is 3.74. The largest absolute Gasteiger partial charge is 0.396 e. The summed E-state index contributed by atoms with van der Waals surface area (Å²) in [6, 6.07) is 5.72. The average molecular weight is 301 g/mol. The molecule has 0 saturated heterocycles. The number of aromatic nitrogens is 2. The maximum absolute atomic E-state index is 12.7. The lowest BCUT2D eigenvalue weighted by Crippen LogP contribution is -2.39. The first kappa shape index (κ1) is 16.2. The summed E-state index contributed by atoms with van der Waals surface area (Å²) in [4.78, 5) is 16.7. The van der Waals surface area contributed by atoms with Gasteiger partial charge in [0.1, 0.15) is 0 Å². The van der Waals surface area contributed by atoms with E-state index >= 15 is 0 Å². The molecule has 2 N–H and O–H groups in total. The van der Waals surface area contributed by atoms with Crippen molar-refractivity contribution in [1.29, 1.82) is 0 Å². The number of aliphatic hydroxyl groups is 1. The van der Waals surface area contributed by atoms with Crippen LogP contribution in [0.1, 0.15) is 36.2 Å². The molecule has 5 nitrogen and oxygen atoms in total. The highest BCUT2D eigenvalue weighted by molar-refractivity contribution is 5.98. The Balaban J connectivity index is 2.30. The number of aliphatic hydroxyl groups excluding tert-OH is 1. The summed E-state index contributed by atoms with van der Waals surface area (Å²) in [7, 11) is 0. The molecule has 1 heterocycles. The quantitative estimate of drug-likeness (QED) is 0.860. The highest BCUT2D eigenvalue weighted by Gasteiger charge is 2.19. The third-order valence-electron chi connectivity index (χ3n) is 3.74. The van der Waals surface area contributed by atoms with Crippen LogP contribution < -0.4 is 5.32 Å². The molecule has 2 aromatic rings. The number of nitrogens with one attached hydrogen (secondary N) is 1. The van der Waals surface area contributed by atoms with Crippen LogP contribution in [0.2, 0.25) is 0 Å². The Hall–Kier alpha value is -2.14. The predicted molar refractivity (Wildman–Crippen MR) is 86.1 cm³/mol. The first-order valence-corrected chi connectivity index (χ1v) is 7.53. The van der Waals surface area contributed by atoms with E-state index in [1.54, 1.807) is 12.5 Å². The Morgan fingerprint density at radius 1 is 1.41 bits per heavy atom. The first-order valence-electron chi connectivity index (χ1n) is 7.53. The molecule has 0 fully saturated rings. The molecule has 0 aliphatic heterocycles. The van der Waals surface area contributed by atoms with E-state index in [9.17, 15) is 4.79 Å². The zero-order chi connectivity index (χ0) is 16.1. The van der Waals surface area contributed by atoms with Crippen LogP contribution in [0.4, 0.5) is 0 Å². The molecule has 0 spiro atoms. The van der Waals surface area contributed by atoms with E-state index in [0.717, 1.165) is 11.3 Å². The summed E-state index contributed by atoms with van der Waals surface area (Å²) < 4.78 is 1.82. The normalized spacial score (nSPS) is 12.4. The van der Waals surface area contributed by atoms with Crippen molar-refractivity contribution in [3.63, 3.8) is 0 Å². The minimum Gasteiger partial charge on any atom is -0.396 e. The number of hydrogen-bond acceptors (Lipinski definition) is 3. The van der Waals surface area contributed by atoms with Gasteiger partial charge < -0.3 is 15.0 Å². The van der Waals surface area contributed by atoms with Crippen LogP contribution in [0.5, 0.6) is 0 Å². The molecule has 1 aromatic heterocycles. The van der Waals surface area contributed by atoms with Gasteiger partial charge in [-0.25, -0.2) is 4.98 Å². The van der Waals surface area contributed by atoms with Crippen LogP contribution in [-0.4, -0.2) is 33.2 Å². The highest BCUT2D eigenvalue weighted by atomic mass is 16.3. The van der Waals surface area contributed by atoms with Crippen LogP contribution in [0.15, 0.2) is 36.9 Å². The van der Waals surface area contributed by atoms with Gasteiger partial charge in [0.2, 0.25) is 0 Å². The summed E-state index contributed by atoms with van der Waals surface area (Å²) >= 11 is 0. The van der Waals surface area contributed by atoms with Gasteiger partial charge in [0, 0.05) is 25.0 Å². The van der Waals surface area contributed by atoms with Gasteiger partial charge >= 0.3 is 0 Å². The molecule has 0 radical (unpaired) electrons. The van der Waals surface area contributed by atoms with Gasteiger partial charge in [0.15, 0.2) is 0 Å². The van der Waals surface area contributed by atoms with Gasteiger partial charge in [-0.15, -0.1) is 0 Å². The van der Waals surface area contributed by atoms with E-state index in [1.165, 1.54) is 0 Å². The minimum absolute atomic E-state index is 0.0475. The number of hydrogen-bond donors (Lipinski definition) is 2. The number of carbonyl (C=O) groups excluding carboxylic acids is 1. The minimum atomic E-state index is -0.125. The SMILES string of the molecule is Cc1ccc(-n2ccnc2)c(C(=O)NC(CCO)C(C)C)c1.